The molecule has 0 spiro atoms. The topological polar surface area (TPSA) is 65.0 Å². The Morgan fingerprint density at radius 2 is 2.00 bits per heavy atom. The third-order valence-electron chi connectivity index (χ3n) is 1.81. The van der Waals surface area contributed by atoms with Gasteiger partial charge in [-0.25, -0.2) is 4.98 Å². The first-order valence-corrected chi connectivity index (χ1v) is 6.97. The fraction of sp³-hybridized carbons (Fsp3) is 0. The van der Waals surface area contributed by atoms with Gasteiger partial charge in [-0.05, 0) is 12.1 Å². The predicted molar refractivity (Wildman–Crippen MR) is 73.5 cm³/mol. The Bertz CT molecular complexity index is 518. The number of rotatable bonds is 3. The van der Waals surface area contributed by atoms with Crippen molar-refractivity contribution < 1.29 is 8.76 Å². The maximum absolute atomic E-state index is 10.4. The average molecular weight is 341 g/mol. The van der Waals surface area contributed by atoms with Gasteiger partial charge in [0.1, 0.15) is 0 Å². The molecule has 0 saturated carbocycles. The number of thiazole rings is 1. The number of benzene rings is 1. The quantitative estimate of drug-likeness (QED) is 0.689. The summed E-state index contributed by atoms with van der Waals surface area (Å²) in [4.78, 5) is 4.15. The van der Waals surface area contributed by atoms with Gasteiger partial charge < -0.3 is 4.55 Å². The van der Waals surface area contributed by atoms with E-state index in [2.05, 4.69) is 25.6 Å². The normalized spacial score (nSPS) is 11.6. The zero-order chi connectivity index (χ0) is 11.5. The van der Waals surface area contributed by atoms with Crippen molar-refractivity contribution in [3.05, 3.63) is 34.1 Å². The number of hydrogen-bond acceptors (Lipinski definition) is 4. The molecule has 0 bridgehead atoms. The van der Waals surface area contributed by atoms with Crippen LogP contribution in [0.2, 0.25) is 0 Å². The fourth-order valence-corrected chi connectivity index (χ4v) is 2.56. The summed E-state index contributed by atoms with van der Waals surface area (Å²) in [6.45, 7) is 0. The molecule has 1 atom stereocenters. The number of nitrogens with one attached hydrogen (secondary N) is 1. The van der Waals surface area contributed by atoms with Gasteiger partial charge in [-0.1, -0.05) is 28.1 Å². The molecule has 0 amide bonds. The van der Waals surface area contributed by atoms with Crippen LogP contribution in [-0.4, -0.2) is 43.3 Å². The summed E-state index contributed by atoms with van der Waals surface area (Å²) < 4.78 is 24.0. The van der Waals surface area contributed by atoms with Gasteiger partial charge in [0.2, 0.25) is 0 Å². The molecule has 17 heavy (non-hydrogen) atoms. The molecule has 0 aliphatic heterocycles. The minimum atomic E-state index is -2.32. The molecular weight excluding hydrogens is 335 g/mol. The first-order valence-electron chi connectivity index (χ1n) is 4.22. The van der Waals surface area contributed by atoms with Crippen molar-refractivity contribution in [3.8, 4) is 11.3 Å². The average Bonchev–Trinajstić information content (AvgIpc) is 2.66. The van der Waals surface area contributed by atoms with Gasteiger partial charge in [0.15, 0.2) is 5.13 Å². The van der Waals surface area contributed by atoms with E-state index in [1.807, 2.05) is 24.3 Å². The molecule has 2 aromatic rings. The Morgan fingerprint density at radius 1 is 1.35 bits per heavy atom. The SMILES string of the molecule is O=S([O-])Nc1nc(-c2ccc(Br)cc2)cs1.[Na]. The number of anilines is 1. The van der Waals surface area contributed by atoms with Crippen molar-refractivity contribution in [3.63, 3.8) is 0 Å². The Balaban J connectivity index is 0.00000144. The summed E-state index contributed by atoms with van der Waals surface area (Å²) in [6.07, 6.45) is 0. The van der Waals surface area contributed by atoms with Crippen molar-refractivity contribution in [2.75, 3.05) is 4.72 Å². The first-order chi connectivity index (χ1) is 7.65. The second-order valence-electron chi connectivity index (χ2n) is 2.88. The molecule has 1 aromatic heterocycles. The summed E-state index contributed by atoms with van der Waals surface area (Å²) in [7, 11) is 0. The van der Waals surface area contributed by atoms with E-state index in [1.54, 1.807) is 5.38 Å². The third kappa shape index (κ3) is 4.44. The van der Waals surface area contributed by atoms with Crippen LogP contribution in [0.15, 0.2) is 34.1 Å². The predicted octanol–water partition coefficient (Wildman–Crippen LogP) is 2.40. The van der Waals surface area contributed by atoms with Gasteiger partial charge in [0, 0.05) is 56.2 Å². The largest absolute Gasteiger partial charge is 0.755 e. The molecule has 2 rings (SSSR count). The van der Waals surface area contributed by atoms with Crippen LogP contribution in [0.5, 0.6) is 0 Å². The van der Waals surface area contributed by atoms with Crippen LogP contribution in [-0.2, 0) is 11.3 Å². The number of hydrogen-bond donors (Lipinski definition) is 1. The number of halogens is 1. The molecule has 85 valence electrons. The number of nitrogens with zero attached hydrogens (tertiary/aromatic N) is 1. The van der Waals surface area contributed by atoms with Crippen LogP contribution in [0.4, 0.5) is 5.13 Å². The standard InChI is InChI=1S/C9H7BrN2O2S2.Na/c10-7-3-1-6(2-4-7)8-5-15-9(11-8)12-16(13)14;/h1-5H,(H,11,12)(H,13,14);/p-1. The van der Waals surface area contributed by atoms with E-state index in [4.69, 9.17) is 0 Å². The maximum Gasteiger partial charge on any atom is 0.194 e. The van der Waals surface area contributed by atoms with E-state index in [-0.39, 0.29) is 29.6 Å². The molecule has 1 unspecified atom stereocenters. The fourth-order valence-electron chi connectivity index (χ4n) is 1.15. The summed E-state index contributed by atoms with van der Waals surface area (Å²) in [6, 6.07) is 7.65. The van der Waals surface area contributed by atoms with Crippen LogP contribution in [0, 0.1) is 0 Å². The Hall–Kier alpha value is 0.240. The first kappa shape index (κ1) is 15.3. The van der Waals surface area contributed by atoms with Crippen LogP contribution in [0.3, 0.4) is 0 Å². The van der Waals surface area contributed by atoms with Gasteiger partial charge in [-0.3, -0.25) is 8.93 Å². The van der Waals surface area contributed by atoms with E-state index in [0.717, 1.165) is 15.7 Å². The van der Waals surface area contributed by atoms with E-state index >= 15 is 0 Å². The third-order valence-corrected chi connectivity index (χ3v) is 3.59. The number of aromatic nitrogens is 1. The molecule has 1 heterocycles. The summed E-state index contributed by atoms with van der Waals surface area (Å²) in [5.41, 5.74) is 1.70. The smallest absolute Gasteiger partial charge is 0.194 e. The molecule has 8 heteroatoms. The van der Waals surface area contributed by atoms with E-state index in [9.17, 15) is 8.76 Å². The van der Waals surface area contributed by atoms with Crippen LogP contribution in [0.1, 0.15) is 0 Å². The molecule has 0 aliphatic rings. The van der Waals surface area contributed by atoms with Gasteiger partial charge in [0.05, 0.1) is 5.69 Å². The molecule has 1 radical (unpaired) electrons. The molecule has 4 nitrogen and oxygen atoms in total. The molecule has 0 fully saturated rings. The van der Waals surface area contributed by atoms with E-state index < -0.39 is 11.3 Å². The van der Waals surface area contributed by atoms with Crippen LogP contribution in [0.25, 0.3) is 11.3 Å². The van der Waals surface area contributed by atoms with Crippen molar-refractivity contribution >= 4 is 73.2 Å². The van der Waals surface area contributed by atoms with Crippen LogP contribution >= 0.6 is 27.3 Å². The maximum atomic E-state index is 10.4. The monoisotopic (exact) mass is 340 g/mol. The van der Waals surface area contributed by atoms with Crippen molar-refractivity contribution in [2.45, 2.75) is 0 Å². The second-order valence-corrected chi connectivity index (χ2v) is 5.33. The Morgan fingerprint density at radius 3 is 2.59 bits per heavy atom. The molecule has 0 saturated heterocycles. The summed E-state index contributed by atoms with van der Waals surface area (Å²) in [5, 5.41) is 2.17. The summed E-state index contributed by atoms with van der Waals surface area (Å²) in [5.74, 6) is 0. The van der Waals surface area contributed by atoms with Gasteiger partial charge in [-0.15, -0.1) is 11.3 Å². The van der Waals surface area contributed by atoms with E-state index in [0.29, 0.717) is 5.13 Å². The Kier molecular flexibility index (Phi) is 6.28. The van der Waals surface area contributed by atoms with E-state index in [1.165, 1.54) is 11.3 Å². The molecular formula is C9H6BrN2NaO2S2-. The second kappa shape index (κ2) is 6.98. The van der Waals surface area contributed by atoms with Gasteiger partial charge in [-0.2, -0.15) is 0 Å². The van der Waals surface area contributed by atoms with Crippen molar-refractivity contribution in [1.82, 2.24) is 4.98 Å². The van der Waals surface area contributed by atoms with Crippen molar-refractivity contribution in [1.29, 1.82) is 0 Å². The molecule has 1 N–H and O–H groups in total. The van der Waals surface area contributed by atoms with Gasteiger partial charge in [0.25, 0.3) is 0 Å². The minimum absolute atomic E-state index is 0. The molecule has 0 aliphatic carbocycles. The van der Waals surface area contributed by atoms with Crippen LogP contribution < -0.4 is 4.72 Å². The zero-order valence-electron chi connectivity index (χ0n) is 8.84. The Labute approximate surface area is 136 Å². The van der Waals surface area contributed by atoms with Gasteiger partial charge >= 0.3 is 0 Å². The van der Waals surface area contributed by atoms with Crippen molar-refractivity contribution in [2.24, 2.45) is 0 Å². The molecule has 1 aromatic carbocycles. The summed E-state index contributed by atoms with van der Waals surface area (Å²) >= 11 is 2.27. The zero-order valence-corrected chi connectivity index (χ0v) is 14.1. The minimum Gasteiger partial charge on any atom is -0.755 e.